The average Bonchev–Trinajstić information content (AvgIpc) is 3.31. The van der Waals surface area contributed by atoms with Gasteiger partial charge in [-0.15, -0.1) is 0 Å². The molecule has 1 amide bonds. The number of carbonyl (C=O) groups excluding carboxylic acids is 1. The van der Waals surface area contributed by atoms with Gasteiger partial charge in [-0.3, -0.25) is 4.79 Å². The van der Waals surface area contributed by atoms with Crippen LogP contribution in [-0.2, 0) is 20.2 Å². The van der Waals surface area contributed by atoms with E-state index in [0.29, 0.717) is 29.4 Å². The number of halogens is 1. The van der Waals surface area contributed by atoms with E-state index in [2.05, 4.69) is 5.32 Å². The van der Waals surface area contributed by atoms with Gasteiger partial charge in [0.05, 0.1) is 10.3 Å². The molecule has 1 aliphatic carbocycles. The zero-order chi connectivity index (χ0) is 23.5. The van der Waals surface area contributed by atoms with Crippen molar-refractivity contribution >= 4 is 27.5 Å². The largest absolute Gasteiger partial charge is 0.355 e. The van der Waals surface area contributed by atoms with E-state index in [-0.39, 0.29) is 11.9 Å². The molecule has 1 saturated carbocycles. The second kappa shape index (κ2) is 10.2. The molecular weight excluding hydrogens is 456 g/mol. The molecule has 0 aromatic heterocycles. The number of nitrogens with one attached hydrogen (secondary N) is 1. The highest BCUT2D eigenvalue weighted by Crippen LogP contribution is 2.41. The Morgan fingerprint density at radius 3 is 2.36 bits per heavy atom. The maximum atomic E-state index is 13.4. The van der Waals surface area contributed by atoms with Crippen LogP contribution < -0.4 is 5.32 Å². The number of benzene rings is 2. The van der Waals surface area contributed by atoms with Gasteiger partial charge in [0.2, 0.25) is 15.9 Å². The third-order valence-electron chi connectivity index (χ3n) is 7.25. The highest BCUT2D eigenvalue weighted by atomic mass is 35.5. The van der Waals surface area contributed by atoms with Gasteiger partial charge in [-0.25, -0.2) is 8.42 Å². The SMILES string of the molecule is Cc1ccc(S(=O)(=O)N2CCCCC2CCNC(=O)C2(c3ccc(Cl)cc3)CCCC2)cc1. The summed E-state index contributed by atoms with van der Waals surface area (Å²) in [4.78, 5) is 13.7. The Labute approximate surface area is 202 Å². The van der Waals surface area contributed by atoms with Crippen LogP contribution >= 0.6 is 11.6 Å². The summed E-state index contributed by atoms with van der Waals surface area (Å²) in [6, 6.07) is 14.6. The number of sulfonamides is 1. The lowest BCUT2D eigenvalue weighted by Gasteiger charge is -2.35. The molecule has 2 fully saturated rings. The summed E-state index contributed by atoms with van der Waals surface area (Å²) in [6.07, 6.45) is 7.04. The van der Waals surface area contributed by atoms with E-state index >= 15 is 0 Å². The van der Waals surface area contributed by atoms with Crippen LogP contribution in [-0.4, -0.2) is 37.8 Å². The fourth-order valence-corrected chi connectivity index (χ4v) is 7.19. The number of rotatable bonds is 7. The molecule has 2 aliphatic rings. The summed E-state index contributed by atoms with van der Waals surface area (Å²) in [5.41, 5.74) is 1.54. The molecule has 1 N–H and O–H groups in total. The highest BCUT2D eigenvalue weighted by molar-refractivity contribution is 7.89. The molecule has 1 atom stereocenters. The van der Waals surface area contributed by atoms with Crippen molar-refractivity contribution in [2.75, 3.05) is 13.1 Å². The van der Waals surface area contributed by atoms with Crippen molar-refractivity contribution in [2.24, 2.45) is 0 Å². The quantitative estimate of drug-likeness (QED) is 0.581. The van der Waals surface area contributed by atoms with E-state index < -0.39 is 15.4 Å². The van der Waals surface area contributed by atoms with Gasteiger partial charge in [0.1, 0.15) is 0 Å². The molecule has 33 heavy (non-hydrogen) atoms. The van der Waals surface area contributed by atoms with Crippen molar-refractivity contribution in [2.45, 2.75) is 74.6 Å². The van der Waals surface area contributed by atoms with Crippen molar-refractivity contribution in [3.63, 3.8) is 0 Å². The van der Waals surface area contributed by atoms with Gasteiger partial charge in [-0.2, -0.15) is 4.31 Å². The standard InChI is InChI=1S/C26H33ClN2O3S/c1-20-7-13-24(14-8-20)33(31,32)29-19-5-2-6-23(29)15-18-28-25(30)26(16-3-4-17-26)21-9-11-22(27)12-10-21/h7-14,23H,2-6,15-19H2,1H3,(H,28,30). The Morgan fingerprint density at radius 1 is 1.03 bits per heavy atom. The predicted octanol–water partition coefficient (Wildman–Crippen LogP) is 5.21. The zero-order valence-electron chi connectivity index (χ0n) is 19.2. The van der Waals surface area contributed by atoms with Crippen molar-refractivity contribution < 1.29 is 13.2 Å². The summed E-state index contributed by atoms with van der Waals surface area (Å²) in [5.74, 6) is 0.0473. The van der Waals surface area contributed by atoms with Crippen molar-refractivity contribution in [1.29, 1.82) is 0 Å². The third-order valence-corrected chi connectivity index (χ3v) is 9.47. The third kappa shape index (κ3) is 5.13. The number of aryl methyl sites for hydroxylation is 1. The second-order valence-corrected chi connectivity index (χ2v) is 11.7. The van der Waals surface area contributed by atoms with E-state index in [9.17, 15) is 13.2 Å². The number of hydrogen-bond donors (Lipinski definition) is 1. The molecule has 178 valence electrons. The Kier molecular flexibility index (Phi) is 7.46. The lowest BCUT2D eigenvalue weighted by Crippen LogP contribution is -2.47. The first-order valence-corrected chi connectivity index (χ1v) is 13.8. The van der Waals surface area contributed by atoms with Crippen LogP contribution in [0.2, 0.25) is 5.02 Å². The van der Waals surface area contributed by atoms with Gasteiger partial charge >= 0.3 is 0 Å². The first-order valence-electron chi connectivity index (χ1n) is 12.0. The first-order chi connectivity index (χ1) is 15.8. The van der Waals surface area contributed by atoms with Crippen molar-refractivity contribution in [1.82, 2.24) is 9.62 Å². The summed E-state index contributed by atoms with van der Waals surface area (Å²) in [7, 11) is -3.55. The van der Waals surface area contributed by atoms with Crippen LogP contribution in [0, 0.1) is 6.92 Å². The number of amides is 1. The number of hydrogen-bond acceptors (Lipinski definition) is 3. The summed E-state index contributed by atoms with van der Waals surface area (Å²) >= 11 is 6.06. The summed E-state index contributed by atoms with van der Waals surface area (Å²) < 4.78 is 28.3. The molecule has 1 saturated heterocycles. The van der Waals surface area contributed by atoms with Gasteiger partial charge in [-0.05, 0) is 68.9 Å². The van der Waals surface area contributed by atoms with Gasteiger partial charge in [0.15, 0.2) is 0 Å². The van der Waals surface area contributed by atoms with E-state index in [0.717, 1.165) is 56.1 Å². The fraction of sp³-hybridized carbons (Fsp3) is 0.500. The summed E-state index contributed by atoms with van der Waals surface area (Å²) in [6.45, 7) is 2.95. The smallest absolute Gasteiger partial charge is 0.243 e. The van der Waals surface area contributed by atoms with E-state index in [4.69, 9.17) is 11.6 Å². The molecule has 1 heterocycles. The Bertz CT molecular complexity index is 1060. The van der Waals surface area contributed by atoms with Crippen LogP contribution in [0.3, 0.4) is 0 Å². The molecular formula is C26H33ClN2O3S. The minimum absolute atomic E-state index is 0.0473. The Balaban J connectivity index is 1.43. The highest BCUT2D eigenvalue weighted by Gasteiger charge is 2.42. The van der Waals surface area contributed by atoms with Gasteiger partial charge in [0.25, 0.3) is 0 Å². The maximum Gasteiger partial charge on any atom is 0.243 e. The zero-order valence-corrected chi connectivity index (χ0v) is 20.8. The van der Waals surface area contributed by atoms with Gasteiger partial charge in [0, 0.05) is 24.2 Å². The van der Waals surface area contributed by atoms with E-state index in [1.54, 1.807) is 16.4 Å². The van der Waals surface area contributed by atoms with Crippen LogP contribution in [0.25, 0.3) is 0 Å². The van der Waals surface area contributed by atoms with Crippen molar-refractivity contribution in [3.05, 3.63) is 64.7 Å². The molecule has 0 radical (unpaired) electrons. The Morgan fingerprint density at radius 2 is 1.70 bits per heavy atom. The van der Waals surface area contributed by atoms with Crippen LogP contribution in [0.15, 0.2) is 53.4 Å². The van der Waals surface area contributed by atoms with Crippen molar-refractivity contribution in [3.8, 4) is 0 Å². The average molecular weight is 489 g/mol. The van der Waals surface area contributed by atoms with Crippen LogP contribution in [0.4, 0.5) is 0 Å². The minimum Gasteiger partial charge on any atom is -0.355 e. The Hall–Kier alpha value is -1.89. The second-order valence-electron chi connectivity index (χ2n) is 9.42. The monoisotopic (exact) mass is 488 g/mol. The minimum atomic E-state index is -3.55. The maximum absolute atomic E-state index is 13.4. The molecule has 7 heteroatoms. The summed E-state index contributed by atoms with van der Waals surface area (Å²) in [5, 5.41) is 3.82. The topological polar surface area (TPSA) is 66.5 Å². The number of nitrogens with zero attached hydrogens (tertiary/aromatic N) is 1. The molecule has 1 aliphatic heterocycles. The lowest BCUT2D eigenvalue weighted by atomic mass is 9.78. The van der Waals surface area contributed by atoms with Crippen LogP contribution in [0.5, 0.6) is 0 Å². The molecule has 0 spiro atoms. The lowest BCUT2D eigenvalue weighted by molar-refractivity contribution is -0.126. The molecule has 4 rings (SSSR count). The number of piperidine rings is 1. The van der Waals surface area contributed by atoms with Gasteiger partial charge < -0.3 is 5.32 Å². The molecule has 0 bridgehead atoms. The molecule has 5 nitrogen and oxygen atoms in total. The van der Waals surface area contributed by atoms with Gasteiger partial charge in [-0.1, -0.05) is 60.7 Å². The normalized spacial score (nSPS) is 21.1. The molecule has 2 aromatic carbocycles. The van der Waals surface area contributed by atoms with E-state index in [1.165, 1.54) is 0 Å². The predicted molar refractivity (Wildman–Crippen MR) is 132 cm³/mol. The molecule has 2 aromatic rings. The van der Waals surface area contributed by atoms with Crippen LogP contribution in [0.1, 0.15) is 62.5 Å². The molecule has 1 unspecified atom stereocenters. The van der Waals surface area contributed by atoms with E-state index in [1.807, 2.05) is 43.3 Å². The first kappa shape index (κ1) is 24.2. The number of carbonyl (C=O) groups is 1. The fourth-order valence-electron chi connectivity index (χ4n) is 5.34.